The number of amides is 3. The second kappa shape index (κ2) is 11.6. The lowest BCUT2D eigenvalue weighted by Gasteiger charge is -2.25. The van der Waals surface area contributed by atoms with Crippen molar-refractivity contribution < 1.29 is 14.3 Å². The minimum Gasteiger partial charge on any atom is -0.385 e. The average Bonchev–Trinajstić information content (AvgIpc) is 2.71. The molecule has 0 spiro atoms. The van der Waals surface area contributed by atoms with Crippen molar-refractivity contribution in [1.29, 1.82) is 0 Å². The van der Waals surface area contributed by atoms with Crippen molar-refractivity contribution in [2.45, 2.75) is 19.9 Å². The highest BCUT2D eigenvalue weighted by molar-refractivity contribution is 5.96. The quantitative estimate of drug-likeness (QED) is 0.381. The van der Waals surface area contributed by atoms with E-state index in [1.807, 2.05) is 30.3 Å². The highest BCUT2D eigenvalue weighted by Crippen LogP contribution is 2.18. The third-order valence-corrected chi connectivity index (χ3v) is 4.42. The predicted octanol–water partition coefficient (Wildman–Crippen LogP) is -0.144. The van der Waals surface area contributed by atoms with Crippen molar-refractivity contribution in [2.24, 2.45) is 0 Å². The van der Waals surface area contributed by atoms with E-state index < -0.39 is 23.2 Å². The number of urea groups is 1. The number of H-pyrrole nitrogens is 1. The van der Waals surface area contributed by atoms with Crippen molar-refractivity contribution in [3.8, 4) is 0 Å². The van der Waals surface area contributed by atoms with Crippen LogP contribution in [0.25, 0.3) is 0 Å². The summed E-state index contributed by atoms with van der Waals surface area (Å²) in [7, 11) is 1.54. The molecule has 1 heterocycles. The molecule has 11 nitrogen and oxygen atoms in total. The molecule has 2 aromatic rings. The number of methoxy groups -OCH3 is 1. The van der Waals surface area contributed by atoms with Gasteiger partial charge in [-0.15, -0.1) is 0 Å². The first-order chi connectivity index (χ1) is 14.9. The van der Waals surface area contributed by atoms with E-state index in [0.29, 0.717) is 19.6 Å². The molecule has 31 heavy (non-hydrogen) atoms. The Morgan fingerprint density at radius 3 is 2.58 bits per heavy atom. The number of ether oxygens (including phenoxy) is 1. The maximum absolute atomic E-state index is 12.6. The average molecular weight is 432 g/mol. The maximum atomic E-state index is 12.6. The molecular formula is C20H28N6O5. The van der Waals surface area contributed by atoms with Gasteiger partial charge in [0, 0.05) is 26.8 Å². The normalized spacial score (nSPS) is 10.5. The van der Waals surface area contributed by atoms with E-state index in [9.17, 15) is 19.2 Å². The van der Waals surface area contributed by atoms with E-state index in [1.54, 1.807) is 6.92 Å². The van der Waals surface area contributed by atoms with Crippen molar-refractivity contribution >= 4 is 23.4 Å². The summed E-state index contributed by atoms with van der Waals surface area (Å²) in [6, 6.07) is 8.51. The molecule has 0 saturated heterocycles. The van der Waals surface area contributed by atoms with E-state index in [1.165, 1.54) is 16.6 Å². The van der Waals surface area contributed by atoms with Gasteiger partial charge in [0.25, 0.3) is 5.56 Å². The summed E-state index contributed by atoms with van der Waals surface area (Å²) in [5.41, 5.74) is 5.65. The van der Waals surface area contributed by atoms with Gasteiger partial charge in [-0.2, -0.15) is 0 Å². The van der Waals surface area contributed by atoms with E-state index >= 15 is 0 Å². The zero-order valence-electron chi connectivity index (χ0n) is 17.6. The largest absolute Gasteiger partial charge is 0.385 e. The van der Waals surface area contributed by atoms with Gasteiger partial charge in [0.2, 0.25) is 5.91 Å². The van der Waals surface area contributed by atoms with Gasteiger partial charge >= 0.3 is 11.7 Å². The molecule has 0 radical (unpaired) electrons. The molecule has 0 aliphatic heterocycles. The second-order valence-corrected chi connectivity index (χ2v) is 6.74. The minimum absolute atomic E-state index is 0.0160. The Bertz CT molecular complexity index is 1000. The Balaban J connectivity index is 2.38. The molecular weight excluding hydrogens is 404 g/mol. The summed E-state index contributed by atoms with van der Waals surface area (Å²) in [5, 5.41) is 4.65. The number of hydrogen-bond donors (Lipinski definition) is 4. The third-order valence-electron chi connectivity index (χ3n) is 4.42. The number of aromatic nitrogens is 2. The van der Waals surface area contributed by atoms with Crippen LogP contribution in [-0.2, 0) is 16.1 Å². The highest BCUT2D eigenvalue weighted by atomic mass is 16.5. The molecule has 11 heteroatoms. The van der Waals surface area contributed by atoms with Crippen molar-refractivity contribution in [1.82, 2.24) is 20.2 Å². The lowest BCUT2D eigenvalue weighted by molar-refractivity contribution is -0.118. The molecule has 0 bridgehead atoms. The molecule has 0 unspecified atom stereocenters. The predicted molar refractivity (Wildman–Crippen MR) is 117 cm³/mol. The van der Waals surface area contributed by atoms with Gasteiger partial charge in [0.15, 0.2) is 0 Å². The van der Waals surface area contributed by atoms with Gasteiger partial charge in [-0.1, -0.05) is 30.3 Å². The topological polar surface area (TPSA) is 152 Å². The molecule has 0 aliphatic rings. The number of rotatable bonds is 10. The Morgan fingerprint density at radius 2 is 1.94 bits per heavy atom. The number of nitrogens with two attached hydrogens (primary N) is 1. The SMILES string of the molecule is CCNC(=O)NC(=O)CN(CCCOC)c1c(N)n(Cc2ccccc2)c(=O)[nH]c1=O. The number of anilines is 2. The lowest BCUT2D eigenvalue weighted by Crippen LogP contribution is -2.47. The zero-order chi connectivity index (χ0) is 22.8. The first-order valence-electron chi connectivity index (χ1n) is 9.85. The fourth-order valence-electron chi connectivity index (χ4n) is 3.02. The number of nitrogens with zero attached hydrogens (tertiary/aromatic N) is 2. The van der Waals surface area contributed by atoms with Crippen LogP contribution in [0.1, 0.15) is 18.9 Å². The van der Waals surface area contributed by atoms with Crippen LogP contribution in [0.2, 0.25) is 0 Å². The smallest absolute Gasteiger partial charge is 0.330 e. The van der Waals surface area contributed by atoms with Gasteiger partial charge in [-0.3, -0.25) is 24.5 Å². The zero-order valence-corrected chi connectivity index (χ0v) is 17.6. The molecule has 2 rings (SSSR count). The number of carbonyl (C=O) groups is 2. The molecule has 1 aromatic carbocycles. The Morgan fingerprint density at radius 1 is 1.23 bits per heavy atom. The Labute approximate surface area is 179 Å². The van der Waals surface area contributed by atoms with E-state index in [0.717, 1.165) is 5.56 Å². The van der Waals surface area contributed by atoms with E-state index in [-0.39, 0.29) is 31.1 Å². The molecule has 0 atom stereocenters. The van der Waals surface area contributed by atoms with E-state index in [2.05, 4.69) is 15.6 Å². The van der Waals surface area contributed by atoms with Crippen molar-refractivity contribution in [3.63, 3.8) is 0 Å². The standard InChI is InChI=1S/C20H28N6O5/c1-3-22-19(29)23-15(27)13-25(10-7-11-31-2)16-17(21)26(20(30)24-18(16)28)12-14-8-5-4-6-9-14/h4-6,8-9H,3,7,10-13,21H2,1-2H3,(H,24,28,30)(H2,22,23,27,29). The van der Waals surface area contributed by atoms with Gasteiger partial charge in [0.05, 0.1) is 13.1 Å². The van der Waals surface area contributed by atoms with Gasteiger partial charge in [-0.05, 0) is 18.9 Å². The van der Waals surface area contributed by atoms with E-state index in [4.69, 9.17) is 10.5 Å². The minimum atomic E-state index is -0.713. The molecule has 0 aliphatic carbocycles. The molecule has 1 aromatic heterocycles. The summed E-state index contributed by atoms with van der Waals surface area (Å²) in [4.78, 5) is 52.7. The number of imide groups is 1. The highest BCUT2D eigenvalue weighted by Gasteiger charge is 2.22. The lowest BCUT2D eigenvalue weighted by atomic mass is 10.2. The number of benzene rings is 1. The summed E-state index contributed by atoms with van der Waals surface area (Å²) in [6.07, 6.45) is 0.488. The van der Waals surface area contributed by atoms with Crippen LogP contribution in [0.4, 0.5) is 16.3 Å². The Hall–Kier alpha value is -3.60. The summed E-state index contributed by atoms with van der Waals surface area (Å²) in [5.74, 6) is -0.691. The third kappa shape index (κ3) is 6.71. The number of nitrogens with one attached hydrogen (secondary N) is 3. The fraction of sp³-hybridized carbons (Fsp3) is 0.400. The first kappa shape index (κ1) is 23.7. The number of nitrogen functional groups attached to an aromatic ring is 1. The van der Waals surface area contributed by atoms with Crippen molar-refractivity contribution in [2.75, 3.05) is 44.0 Å². The molecule has 3 amide bonds. The summed E-state index contributed by atoms with van der Waals surface area (Å²) >= 11 is 0. The number of hydrogen-bond acceptors (Lipinski definition) is 7. The number of aromatic amines is 1. The number of carbonyl (C=O) groups excluding carboxylic acids is 2. The summed E-state index contributed by atoms with van der Waals surface area (Å²) < 4.78 is 6.28. The molecule has 5 N–H and O–H groups in total. The molecule has 168 valence electrons. The molecule has 0 saturated carbocycles. The first-order valence-corrected chi connectivity index (χ1v) is 9.85. The van der Waals surface area contributed by atoms with Gasteiger partial charge < -0.3 is 20.7 Å². The monoisotopic (exact) mass is 432 g/mol. The fourth-order valence-corrected chi connectivity index (χ4v) is 3.02. The summed E-state index contributed by atoms with van der Waals surface area (Å²) in [6.45, 7) is 2.54. The van der Waals surface area contributed by atoms with Crippen LogP contribution in [0, 0.1) is 0 Å². The maximum Gasteiger partial charge on any atom is 0.330 e. The van der Waals surface area contributed by atoms with Crippen LogP contribution in [0.3, 0.4) is 0 Å². The van der Waals surface area contributed by atoms with Gasteiger partial charge in [-0.25, -0.2) is 9.59 Å². The second-order valence-electron chi connectivity index (χ2n) is 6.74. The van der Waals surface area contributed by atoms with Crippen LogP contribution >= 0.6 is 0 Å². The van der Waals surface area contributed by atoms with Crippen LogP contribution < -0.4 is 32.5 Å². The van der Waals surface area contributed by atoms with Crippen molar-refractivity contribution in [3.05, 3.63) is 56.7 Å². The Kier molecular flexibility index (Phi) is 8.82. The van der Waals surface area contributed by atoms with Gasteiger partial charge in [0.1, 0.15) is 11.5 Å². The molecule has 0 fully saturated rings. The van der Waals surface area contributed by atoms with Crippen LogP contribution in [-0.4, -0.2) is 54.8 Å². The van der Waals surface area contributed by atoms with Crippen LogP contribution in [0.15, 0.2) is 39.9 Å². The van der Waals surface area contributed by atoms with Crippen LogP contribution in [0.5, 0.6) is 0 Å².